The number of aromatic nitrogens is 1. The lowest BCUT2D eigenvalue weighted by molar-refractivity contribution is -0.119. The zero-order valence-corrected chi connectivity index (χ0v) is 16.3. The summed E-state index contributed by atoms with van der Waals surface area (Å²) in [6.45, 7) is 2.52. The normalized spacial score (nSPS) is 17.9. The molecule has 1 saturated carbocycles. The van der Waals surface area contributed by atoms with Crippen molar-refractivity contribution in [3.05, 3.63) is 48.5 Å². The summed E-state index contributed by atoms with van der Waals surface area (Å²) in [6.07, 6.45) is 0.452. The number of hydrogen-bond donors (Lipinski definition) is 0. The van der Waals surface area contributed by atoms with Gasteiger partial charge in [0.2, 0.25) is 5.91 Å². The van der Waals surface area contributed by atoms with Gasteiger partial charge < -0.3 is 4.74 Å². The summed E-state index contributed by atoms with van der Waals surface area (Å²) in [5.41, 5.74) is 1.57. The number of alkyl halides is 2. The molecule has 3 aromatic rings. The van der Waals surface area contributed by atoms with Crippen molar-refractivity contribution in [1.29, 1.82) is 0 Å². The minimum Gasteiger partial charge on any atom is -0.494 e. The van der Waals surface area contributed by atoms with Gasteiger partial charge in [0.25, 0.3) is 0 Å². The van der Waals surface area contributed by atoms with Gasteiger partial charge >= 0.3 is 0 Å². The predicted molar refractivity (Wildman–Crippen MR) is 107 cm³/mol. The molecule has 0 saturated heterocycles. The van der Waals surface area contributed by atoms with Crippen molar-refractivity contribution in [3.8, 4) is 5.75 Å². The quantitative estimate of drug-likeness (QED) is 0.521. The van der Waals surface area contributed by atoms with Gasteiger partial charge in [0.1, 0.15) is 10.1 Å². The van der Waals surface area contributed by atoms with E-state index in [9.17, 15) is 4.79 Å². The molecule has 7 heteroatoms. The van der Waals surface area contributed by atoms with Crippen LogP contribution in [-0.2, 0) is 4.79 Å². The molecule has 1 heterocycles. The van der Waals surface area contributed by atoms with Crippen molar-refractivity contribution in [3.63, 3.8) is 0 Å². The number of fused-ring (bicyclic) bond motifs is 1. The van der Waals surface area contributed by atoms with Crippen molar-refractivity contribution in [1.82, 2.24) is 4.98 Å². The summed E-state index contributed by atoms with van der Waals surface area (Å²) in [5, 5.41) is 0.608. The fraction of sp³-hybridized carbons (Fsp3) is 0.263. The molecule has 0 aliphatic heterocycles. The number of nitrogens with zero attached hydrogens (tertiary/aromatic N) is 2. The molecule has 0 radical (unpaired) electrons. The number of carbonyl (C=O) groups excluding carboxylic acids is 1. The maximum atomic E-state index is 13.1. The van der Waals surface area contributed by atoms with Gasteiger partial charge in [0, 0.05) is 0 Å². The molecule has 4 nitrogen and oxygen atoms in total. The highest BCUT2D eigenvalue weighted by Gasteiger charge is 2.58. The Morgan fingerprint density at radius 1 is 1.27 bits per heavy atom. The number of anilines is 2. The number of carbonyl (C=O) groups is 1. The van der Waals surface area contributed by atoms with Gasteiger partial charge in [0.05, 0.1) is 28.4 Å². The third-order valence-electron chi connectivity index (χ3n) is 4.22. The second-order valence-corrected chi connectivity index (χ2v) is 8.63. The first kappa shape index (κ1) is 17.6. The minimum absolute atomic E-state index is 0.141. The van der Waals surface area contributed by atoms with E-state index in [1.807, 2.05) is 55.5 Å². The predicted octanol–water partition coefficient (Wildman–Crippen LogP) is 5.55. The molecule has 1 aliphatic rings. The molecule has 4 rings (SSSR count). The lowest BCUT2D eigenvalue weighted by Gasteiger charge is -2.20. The van der Waals surface area contributed by atoms with E-state index in [2.05, 4.69) is 4.98 Å². The van der Waals surface area contributed by atoms with Crippen molar-refractivity contribution in [2.75, 3.05) is 11.5 Å². The van der Waals surface area contributed by atoms with Crippen LogP contribution in [0.3, 0.4) is 0 Å². The number of para-hydroxylation sites is 1. The third-order valence-corrected chi connectivity index (χ3v) is 6.08. The standard InChI is InChI=1S/C19H16Cl2N2O2S/c1-2-25-13-9-7-12(8-10-13)23(17(24)14-11-19(14,20)21)18-22-15-5-3-4-6-16(15)26-18/h3-10,14H,2,11H2,1H3. The third kappa shape index (κ3) is 3.27. The van der Waals surface area contributed by atoms with Gasteiger partial charge in [-0.1, -0.05) is 23.5 Å². The Labute approximate surface area is 165 Å². The van der Waals surface area contributed by atoms with E-state index in [1.165, 1.54) is 11.3 Å². The number of thiazole rings is 1. The Kier molecular flexibility index (Phi) is 4.55. The Morgan fingerprint density at radius 3 is 2.58 bits per heavy atom. The van der Waals surface area contributed by atoms with Crippen molar-refractivity contribution in [2.45, 2.75) is 17.7 Å². The van der Waals surface area contributed by atoms with Crippen LogP contribution in [0.1, 0.15) is 13.3 Å². The number of benzene rings is 2. The van der Waals surface area contributed by atoms with Gasteiger partial charge in [-0.2, -0.15) is 0 Å². The summed E-state index contributed by atoms with van der Waals surface area (Å²) in [5.74, 6) is 0.186. The van der Waals surface area contributed by atoms with Gasteiger partial charge in [-0.25, -0.2) is 4.98 Å². The second-order valence-electron chi connectivity index (χ2n) is 6.08. The minimum atomic E-state index is -0.989. The molecule has 2 aromatic carbocycles. The molecule has 1 fully saturated rings. The fourth-order valence-corrected chi connectivity index (χ4v) is 4.27. The Bertz CT molecular complexity index is 923. The average molecular weight is 407 g/mol. The number of hydrogen-bond acceptors (Lipinski definition) is 4. The zero-order valence-electron chi connectivity index (χ0n) is 14.0. The number of ether oxygens (including phenoxy) is 1. The van der Waals surface area contributed by atoms with Crippen LogP contribution < -0.4 is 9.64 Å². The van der Waals surface area contributed by atoms with Gasteiger partial charge in [-0.05, 0) is 49.7 Å². The summed E-state index contributed by atoms with van der Waals surface area (Å²) >= 11 is 13.8. The van der Waals surface area contributed by atoms with Crippen LogP contribution in [0.2, 0.25) is 0 Å². The maximum Gasteiger partial charge on any atom is 0.239 e. The summed E-state index contributed by atoms with van der Waals surface area (Å²) < 4.78 is 5.52. The van der Waals surface area contributed by atoms with E-state index in [1.54, 1.807) is 4.90 Å². The molecule has 0 spiro atoms. The number of amides is 1. The Hall–Kier alpha value is -1.82. The van der Waals surface area contributed by atoms with Crippen LogP contribution in [0.5, 0.6) is 5.75 Å². The van der Waals surface area contributed by atoms with E-state index >= 15 is 0 Å². The Balaban J connectivity index is 1.75. The van der Waals surface area contributed by atoms with E-state index in [0.717, 1.165) is 16.0 Å². The topological polar surface area (TPSA) is 42.4 Å². The van der Waals surface area contributed by atoms with Gasteiger partial charge in [-0.15, -0.1) is 23.2 Å². The molecular formula is C19H16Cl2N2O2S. The number of rotatable bonds is 5. The fourth-order valence-electron chi connectivity index (χ4n) is 2.78. The Morgan fingerprint density at radius 2 is 1.96 bits per heavy atom. The van der Waals surface area contributed by atoms with Crippen LogP contribution in [0.4, 0.5) is 10.8 Å². The molecule has 1 unspecified atom stereocenters. The summed E-state index contributed by atoms with van der Waals surface area (Å²) in [4.78, 5) is 19.3. The van der Waals surface area contributed by atoms with Crippen LogP contribution in [0, 0.1) is 5.92 Å². The van der Waals surface area contributed by atoms with Gasteiger partial charge in [-0.3, -0.25) is 9.69 Å². The summed E-state index contributed by atoms with van der Waals surface area (Å²) in [7, 11) is 0. The zero-order chi connectivity index (χ0) is 18.3. The van der Waals surface area contributed by atoms with Crippen LogP contribution >= 0.6 is 34.5 Å². The van der Waals surface area contributed by atoms with E-state index in [0.29, 0.717) is 23.8 Å². The second kappa shape index (κ2) is 6.72. The molecule has 1 aromatic heterocycles. The van der Waals surface area contributed by atoms with E-state index in [-0.39, 0.29) is 5.91 Å². The molecule has 134 valence electrons. The first-order valence-electron chi connectivity index (χ1n) is 8.30. The molecule has 26 heavy (non-hydrogen) atoms. The lowest BCUT2D eigenvalue weighted by Crippen LogP contribution is -2.29. The van der Waals surface area contributed by atoms with Crippen LogP contribution in [-0.4, -0.2) is 21.8 Å². The van der Waals surface area contributed by atoms with Crippen LogP contribution in [0.25, 0.3) is 10.2 Å². The molecular weight excluding hydrogens is 391 g/mol. The van der Waals surface area contributed by atoms with E-state index in [4.69, 9.17) is 27.9 Å². The SMILES string of the molecule is CCOc1ccc(N(C(=O)C2CC2(Cl)Cl)c2nc3ccccc3s2)cc1. The molecule has 0 N–H and O–H groups in total. The van der Waals surface area contributed by atoms with E-state index < -0.39 is 10.3 Å². The largest absolute Gasteiger partial charge is 0.494 e. The first-order valence-corrected chi connectivity index (χ1v) is 9.87. The smallest absolute Gasteiger partial charge is 0.239 e. The van der Waals surface area contributed by atoms with Crippen molar-refractivity contribution >= 4 is 61.5 Å². The summed E-state index contributed by atoms with van der Waals surface area (Å²) in [6, 6.07) is 15.2. The van der Waals surface area contributed by atoms with Gasteiger partial charge in [0.15, 0.2) is 5.13 Å². The lowest BCUT2D eigenvalue weighted by atomic mass is 10.2. The van der Waals surface area contributed by atoms with Crippen LogP contribution in [0.15, 0.2) is 48.5 Å². The molecule has 1 atom stereocenters. The highest BCUT2D eigenvalue weighted by molar-refractivity contribution is 7.22. The molecule has 1 aliphatic carbocycles. The van der Waals surface area contributed by atoms with Crippen molar-refractivity contribution in [2.24, 2.45) is 5.92 Å². The molecule has 1 amide bonds. The first-order chi connectivity index (χ1) is 12.5. The number of halogens is 2. The highest BCUT2D eigenvalue weighted by atomic mass is 35.5. The van der Waals surface area contributed by atoms with Crippen molar-refractivity contribution < 1.29 is 9.53 Å². The molecule has 0 bridgehead atoms. The average Bonchev–Trinajstić information content (AvgIpc) is 3.07. The maximum absolute atomic E-state index is 13.1. The monoisotopic (exact) mass is 406 g/mol. The highest BCUT2D eigenvalue weighted by Crippen LogP contribution is 2.55.